The Hall–Kier alpha value is -7.19. The topological polar surface area (TPSA) is 179 Å². The maximum atomic E-state index is 15.3. The zero-order chi connectivity index (χ0) is 50.3. The number of oxime groups is 1. The van der Waals surface area contributed by atoms with Crippen LogP contribution in [0.2, 0.25) is 0 Å². The number of fused-ring (bicyclic) bond motifs is 1. The predicted molar refractivity (Wildman–Crippen MR) is 281 cm³/mol. The molecule has 4 heterocycles. The molecular formula is C53H48N8O7S4. The summed E-state index contributed by atoms with van der Waals surface area (Å²) in [5.74, 6) is -1.81. The summed E-state index contributed by atoms with van der Waals surface area (Å²) in [6.07, 6.45) is 1.29. The normalized spacial score (nSPS) is 16.8. The van der Waals surface area contributed by atoms with Crippen LogP contribution in [-0.2, 0) is 39.1 Å². The van der Waals surface area contributed by atoms with E-state index in [1.54, 1.807) is 26.2 Å². The van der Waals surface area contributed by atoms with Crippen LogP contribution in [0.5, 0.6) is 0 Å². The summed E-state index contributed by atoms with van der Waals surface area (Å²) in [6, 6.07) is 49.0. The average Bonchev–Trinajstić information content (AvgIpc) is 4.07. The Balaban J connectivity index is 1.16. The average molecular weight is 1040 g/mol. The van der Waals surface area contributed by atoms with Crippen LogP contribution < -0.4 is 10.6 Å². The lowest BCUT2D eigenvalue weighted by Gasteiger charge is -2.51. The number of hydrogen-bond donors (Lipinski definition) is 2. The van der Waals surface area contributed by atoms with E-state index < -0.39 is 45.5 Å². The Kier molecular flexibility index (Phi) is 15.0. The molecule has 5 aromatic carbocycles. The van der Waals surface area contributed by atoms with Crippen molar-refractivity contribution < 1.29 is 33.5 Å². The van der Waals surface area contributed by atoms with Crippen molar-refractivity contribution in [3.05, 3.63) is 207 Å². The summed E-state index contributed by atoms with van der Waals surface area (Å²) in [5.41, 5.74) is 2.75. The van der Waals surface area contributed by atoms with Crippen LogP contribution in [0.15, 0.2) is 184 Å². The third-order valence-electron chi connectivity index (χ3n) is 11.5. The third kappa shape index (κ3) is 10.4. The Morgan fingerprint density at radius 2 is 1.39 bits per heavy atom. The Morgan fingerprint density at radius 1 is 0.833 bits per heavy atom. The van der Waals surface area contributed by atoms with Crippen molar-refractivity contribution in [2.45, 2.75) is 59.7 Å². The molecule has 0 radical (unpaired) electrons. The fraction of sp³-hybridized carbons (Fsp3) is 0.208. The molecule has 1 saturated heterocycles. The van der Waals surface area contributed by atoms with Crippen molar-refractivity contribution >= 4 is 81.8 Å². The second-order valence-electron chi connectivity index (χ2n) is 17.3. The van der Waals surface area contributed by atoms with Gasteiger partial charge in [-0.2, -0.15) is 0 Å². The van der Waals surface area contributed by atoms with E-state index in [1.807, 2.05) is 126 Å². The molecule has 72 heavy (non-hydrogen) atoms. The third-order valence-corrected chi connectivity index (χ3v) is 16.1. The molecule has 2 aliphatic rings. The molecule has 1 fully saturated rings. The lowest BCUT2D eigenvalue weighted by molar-refractivity contribution is -0.152. The number of nitrogens with zero attached hydrogens (tertiary/aromatic N) is 6. The molecule has 15 nitrogen and oxygen atoms in total. The van der Waals surface area contributed by atoms with Gasteiger partial charge in [0.1, 0.15) is 35.2 Å². The molecule has 0 bridgehead atoms. The van der Waals surface area contributed by atoms with Gasteiger partial charge in [-0.1, -0.05) is 186 Å². The van der Waals surface area contributed by atoms with Gasteiger partial charge in [0.25, 0.3) is 5.91 Å². The maximum absolute atomic E-state index is 15.3. The smallest absolute Gasteiger partial charge is 0.413 e. The van der Waals surface area contributed by atoms with Gasteiger partial charge in [-0.15, -0.1) is 28.2 Å². The van der Waals surface area contributed by atoms with Crippen molar-refractivity contribution in [1.29, 1.82) is 0 Å². The summed E-state index contributed by atoms with van der Waals surface area (Å²) in [4.78, 5) is 66.1. The number of benzene rings is 5. The van der Waals surface area contributed by atoms with Gasteiger partial charge >= 0.3 is 12.1 Å². The van der Waals surface area contributed by atoms with Crippen molar-refractivity contribution in [1.82, 2.24) is 30.2 Å². The minimum Gasteiger partial charge on any atom is -0.448 e. The summed E-state index contributed by atoms with van der Waals surface area (Å²) >= 11 is 4.87. The number of β-lactam (4-membered cyclic amide) rings is 1. The summed E-state index contributed by atoms with van der Waals surface area (Å²) in [6.45, 7) is 5.24. The molecule has 366 valence electrons. The number of thiazole rings is 1. The van der Waals surface area contributed by atoms with Gasteiger partial charge in [-0.05, 0) is 48.6 Å². The molecule has 0 saturated carbocycles. The number of esters is 1. The molecule has 9 rings (SSSR count). The predicted octanol–water partition coefficient (Wildman–Crippen LogP) is 10.2. The second-order valence-corrected chi connectivity index (χ2v) is 21.9. The SMILES string of the molecule is CO/N=C\C(=O)NC1(c2csc(NC(=O)OC(C)(C)C)n2)S[C@@H]2CC(=O)N2C(C(=O)OC(c2ccccc2)c2ccccc2)=C1SCSc1cn(C(c2ccccc2)(c2ccccc2)c2ccccc2)nn1. The monoisotopic (exact) mass is 1040 g/mol. The first kappa shape index (κ1) is 49.8. The van der Waals surface area contributed by atoms with Gasteiger partial charge in [0, 0.05) is 5.38 Å². The standard InChI is InChI=1S/C53H48N8O7S4/c1-51(2,3)68-50(65)56-49-55-40(33-69-49)53(57-41(62)31-54-66-4)47(45(61-43(63)30-44(61)72-53)48(64)67-46(35-20-10-5-11-21-35)36-22-12-6-13-23-36)71-34-70-42-32-60(59-58-42)52(37-24-14-7-15-25-37,38-26-16-8-17-27-38)39-28-18-9-19-29-39/h5-29,31-33,44,46H,30,34H2,1-4H3,(H,57,62)(H,55,56,65)/b54-31-/t44-,53?/m1/s1. The molecule has 2 atom stereocenters. The zero-order valence-corrected chi connectivity index (χ0v) is 42.7. The van der Waals surface area contributed by atoms with E-state index in [1.165, 1.54) is 47.3 Å². The van der Waals surface area contributed by atoms with Crippen LogP contribution in [0.4, 0.5) is 9.93 Å². The number of amides is 3. The van der Waals surface area contributed by atoms with Gasteiger partial charge in [-0.25, -0.2) is 19.3 Å². The largest absolute Gasteiger partial charge is 0.448 e. The molecule has 0 spiro atoms. The summed E-state index contributed by atoms with van der Waals surface area (Å²) in [7, 11) is 1.31. The van der Waals surface area contributed by atoms with Crippen LogP contribution in [0.3, 0.4) is 0 Å². The number of carbonyl (C=O) groups excluding carboxylic acids is 4. The van der Waals surface area contributed by atoms with E-state index >= 15 is 4.79 Å². The highest BCUT2D eigenvalue weighted by atomic mass is 32.2. The zero-order valence-electron chi connectivity index (χ0n) is 39.4. The fourth-order valence-electron chi connectivity index (χ4n) is 8.47. The number of hydrogen-bond acceptors (Lipinski definition) is 15. The molecule has 2 N–H and O–H groups in total. The molecule has 3 amide bonds. The van der Waals surface area contributed by atoms with Gasteiger partial charge in [-0.3, -0.25) is 19.8 Å². The minimum atomic E-state index is -1.67. The molecular weight excluding hydrogens is 989 g/mol. The van der Waals surface area contributed by atoms with E-state index in [4.69, 9.17) is 29.6 Å². The lowest BCUT2D eigenvalue weighted by Crippen LogP contribution is -2.60. The van der Waals surface area contributed by atoms with E-state index in [0.29, 0.717) is 16.2 Å². The van der Waals surface area contributed by atoms with Crippen LogP contribution >= 0.6 is 46.6 Å². The van der Waals surface area contributed by atoms with Crippen LogP contribution in [0.25, 0.3) is 0 Å². The number of aromatic nitrogens is 4. The molecule has 2 aliphatic heterocycles. The molecule has 19 heteroatoms. The van der Waals surface area contributed by atoms with E-state index in [-0.39, 0.29) is 38.8 Å². The van der Waals surface area contributed by atoms with Crippen LogP contribution in [0.1, 0.15) is 66.8 Å². The highest BCUT2D eigenvalue weighted by Gasteiger charge is 2.58. The Morgan fingerprint density at radius 3 is 1.92 bits per heavy atom. The van der Waals surface area contributed by atoms with Crippen molar-refractivity contribution in [3.8, 4) is 0 Å². The van der Waals surface area contributed by atoms with Gasteiger partial charge < -0.3 is 19.6 Å². The first-order chi connectivity index (χ1) is 34.9. The number of ether oxygens (including phenoxy) is 2. The van der Waals surface area contributed by atoms with E-state index in [2.05, 4.69) is 52.2 Å². The molecule has 0 aliphatic carbocycles. The van der Waals surface area contributed by atoms with Crippen molar-refractivity contribution in [3.63, 3.8) is 0 Å². The molecule has 2 aromatic heterocycles. The van der Waals surface area contributed by atoms with Crippen LogP contribution in [-0.4, -0.2) is 78.1 Å². The number of nitrogens with one attached hydrogen (secondary N) is 2. The highest BCUT2D eigenvalue weighted by Crippen LogP contribution is 2.58. The molecule has 1 unspecified atom stereocenters. The van der Waals surface area contributed by atoms with E-state index in [0.717, 1.165) is 34.2 Å². The second kappa shape index (κ2) is 21.7. The number of thioether (sulfide) groups is 3. The van der Waals surface area contributed by atoms with Gasteiger partial charge in [0.15, 0.2) is 16.1 Å². The minimum absolute atomic E-state index is 0.0426. The Labute approximate surface area is 432 Å². The quantitative estimate of drug-likeness (QED) is 0.0168. The fourth-order valence-corrected chi connectivity index (χ4v) is 13.3. The number of carbonyl (C=O) groups is 4. The van der Waals surface area contributed by atoms with Gasteiger partial charge in [0.2, 0.25) is 5.91 Å². The van der Waals surface area contributed by atoms with Crippen molar-refractivity contribution in [2.24, 2.45) is 5.16 Å². The number of rotatable bonds is 17. The van der Waals surface area contributed by atoms with E-state index in [9.17, 15) is 14.4 Å². The lowest BCUT2D eigenvalue weighted by atomic mass is 9.77. The first-order valence-electron chi connectivity index (χ1n) is 22.6. The first-order valence-corrected chi connectivity index (χ1v) is 26.4. The summed E-state index contributed by atoms with van der Waals surface area (Å²) < 4.78 is 13.9. The van der Waals surface area contributed by atoms with Crippen molar-refractivity contribution in [2.75, 3.05) is 17.5 Å². The summed E-state index contributed by atoms with van der Waals surface area (Å²) in [5, 5.41) is 21.0. The maximum Gasteiger partial charge on any atom is 0.413 e. The highest BCUT2D eigenvalue weighted by molar-refractivity contribution is 8.18. The Bertz CT molecular complexity index is 2960. The number of anilines is 1. The van der Waals surface area contributed by atoms with Gasteiger partial charge in [0.05, 0.1) is 33.7 Å². The molecule has 7 aromatic rings. The van der Waals surface area contributed by atoms with Crippen LogP contribution in [0, 0.1) is 0 Å².